The molecule has 0 rings (SSSR count). The van der Waals surface area contributed by atoms with Gasteiger partial charge < -0.3 is 5.92 Å². The maximum Gasteiger partial charge on any atom is -0.0534 e. The van der Waals surface area contributed by atoms with Gasteiger partial charge in [-0.05, 0) is 0 Å². The molecular weight excluding hydrogens is 108 g/mol. The zero-order chi connectivity index (χ0) is 7.28. The second-order valence-corrected chi connectivity index (χ2v) is 3.31. The van der Waals surface area contributed by atoms with Crippen LogP contribution in [0.4, 0.5) is 0 Å². The van der Waals surface area contributed by atoms with Gasteiger partial charge >= 0.3 is 0 Å². The minimum atomic E-state index is 0.903. The van der Waals surface area contributed by atoms with Crippen molar-refractivity contribution in [1.29, 1.82) is 0 Å². The number of hydrogen-bond donors (Lipinski definition) is 0. The van der Waals surface area contributed by atoms with E-state index in [-0.39, 0.29) is 0 Å². The summed E-state index contributed by atoms with van der Waals surface area (Å²) < 4.78 is 0. The lowest BCUT2D eigenvalue weighted by molar-refractivity contribution is 0.497. The Hall–Kier alpha value is 0. The topological polar surface area (TPSA) is 0 Å². The van der Waals surface area contributed by atoms with Crippen molar-refractivity contribution in [2.45, 2.75) is 47.0 Å². The van der Waals surface area contributed by atoms with Crippen molar-refractivity contribution in [3.05, 3.63) is 5.92 Å². The summed E-state index contributed by atoms with van der Waals surface area (Å²) in [5, 5.41) is 0. The van der Waals surface area contributed by atoms with Crippen LogP contribution in [-0.2, 0) is 0 Å². The van der Waals surface area contributed by atoms with Crippen molar-refractivity contribution in [3.63, 3.8) is 0 Å². The Morgan fingerprint density at radius 2 is 1.89 bits per heavy atom. The van der Waals surface area contributed by atoms with Crippen LogP contribution in [0.1, 0.15) is 47.0 Å². The summed E-state index contributed by atoms with van der Waals surface area (Å²) in [6, 6.07) is 0. The Morgan fingerprint density at radius 3 is 2.22 bits per heavy atom. The first-order chi connectivity index (χ1) is 4.16. The lowest BCUT2D eigenvalue weighted by Crippen LogP contribution is -1.97. The van der Waals surface area contributed by atoms with Gasteiger partial charge in [0.1, 0.15) is 0 Å². The second-order valence-electron chi connectivity index (χ2n) is 3.31. The van der Waals surface area contributed by atoms with Gasteiger partial charge in [-0.1, -0.05) is 32.6 Å². The predicted molar refractivity (Wildman–Crippen MR) is 43.3 cm³/mol. The molecule has 0 heterocycles. The molecule has 0 aliphatic heterocycles. The molecule has 0 fully saturated rings. The minimum absolute atomic E-state index is 0.903. The third-order valence-corrected chi connectivity index (χ3v) is 1.54. The maximum absolute atomic E-state index is 2.33. The lowest BCUT2D eigenvalue weighted by Gasteiger charge is -2.22. The van der Waals surface area contributed by atoms with Gasteiger partial charge in [0.15, 0.2) is 0 Å². The third kappa shape index (κ3) is 5.88. The summed E-state index contributed by atoms with van der Waals surface area (Å²) in [5.74, 6) is 2.47. The monoisotopic (exact) mass is 127 g/mol. The first-order valence-corrected chi connectivity index (χ1v) is 3.95. The molecule has 0 nitrogen and oxygen atoms in total. The fraction of sp³-hybridized carbons (Fsp3) is 0.889. The molecule has 0 N–H and O–H groups in total. The summed E-state index contributed by atoms with van der Waals surface area (Å²) in [7, 11) is 0. The molecule has 0 aliphatic rings. The van der Waals surface area contributed by atoms with Gasteiger partial charge in [-0.2, -0.15) is 20.3 Å². The van der Waals surface area contributed by atoms with Crippen LogP contribution in [0.25, 0.3) is 0 Å². The highest BCUT2D eigenvalue weighted by molar-refractivity contribution is 4.78. The van der Waals surface area contributed by atoms with Gasteiger partial charge in [-0.3, -0.25) is 0 Å². The van der Waals surface area contributed by atoms with Crippen LogP contribution >= 0.6 is 0 Å². The Bertz CT molecular complexity index is 55.1. The summed E-state index contributed by atoms with van der Waals surface area (Å²) in [4.78, 5) is 0. The fourth-order valence-electron chi connectivity index (χ4n) is 1.29. The SMILES string of the molecule is CCCC(C)C[C-](C)C. The molecule has 0 saturated heterocycles. The molecule has 9 heavy (non-hydrogen) atoms. The average Bonchev–Trinajstić information content (AvgIpc) is 1.63. The highest BCUT2D eigenvalue weighted by Crippen LogP contribution is 2.16. The smallest absolute Gasteiger partial charge is 0.0534 e. The molecule has 0 amide bonds. The first kappa shape index (κ1) is 9.00. The summed E-state index contributed by atoms with van der Waals surface area (Å²) in [6.45, 7) is 9.01. The molecule has 0 aromatic carbocycles. The van der Waals surface area contributed by atoms with Gasteiger partial charge in [-0.25, -0.2) is 0 Å². The van der Waals surface area contributed by atoms with Crippen LogP contribution in [-0.4, -0.2) is 0 Å². The standard InChI is InChI=1S/C9H19/c1-5-6-9(4)7-8(2)3/h9H,5-7H2,1-4H3/q-1. The van der Waals surface area contributed by atoms with Crippen molar-refractivity contribution >= 4 is 0 Å². The van der Waals surface area contributed by atoms with Crippen LogP contribution in [0.15, 0.2) is 0 Å². The molecule has 0 radical (unpaired) electrons. The molecule has 0 heteroatoms. The molecule has 0 aromatic heterocycles. The number of rotatable bonds is 4. The molecule has 1 unspecified atom stereocenters. The van der Waals surface area contributed by atoms with Crippen molar-refractivity contribution in [2.75, 3.05) is 0 Å². The number of hydrogen-bond acceptors (Lipinski definition) is 0. The zero-order valence-electron chi connectivity index (χ0n) is 7.20. The quantitative estimate of drug-likeness (QED) is 0.507. The van der Waals surface area contributed by atoms with E-state index in [9.17, 15) is 0 Å². The maximum atomic E-state index is 2.33. The molecule has 0 aliphatic carbocycles. The lowest BCUT2D eigenvalue weighted by atomic mass is 9.95. The molecule has 0 aromatic rings. The molecule has 0 spiro atoms. The normalized spacial score (nSPS) is 14.3. The van der Waals surface area contributed by atoms with E-state index in [1.807, 2.05) is 0 Å². The van der Waals surface area contributed by atoms with Gasteiger partial charge in [0, 0.05) is 0 Å². The summed E-state index contributed by atoms with van der Waals surface area (Å²) in [5.41, 5.74) is 0. The van der Waals surface area contributed by atoms with E-state index in [2.05, 4.69) is 27.7 Å². The van der Waals surface area contributed by atoms with E-state index in [1.165, 1.54) is 19.3 Å². The Labute approximate surface area is 59.7 Å². The van der Waals surface area contributed by atoms with Crippen LogP contribution < -0.4 is 0 Å². The van der Waals surface area contributed by atoms with E-state index >= 15 is 0 Å². The van der Waals surface area contributed by atoms with E-state index in [4.69, 9.17) is 0 Å². The second kappa shape index (κ2) is 4.84. The zero-order valence-corrected chi connectivity index (χ0v) is 7.20. The van der Waals surface area contributed by atoms with Crippen molar-refractivity contribution < 1.29 is 0 Å². The van der Waals surface area contributed by atoms with Gasteiger partial charge in [0.25, 0.3) is 0 Å². The van der Waals surface area contributed by atoms with E-state index in [1.54, 1.807) is 5.92 Å². The van der Waals surface area contributed by atoms with Gasteiger partial charge in [-0.15, -0.1) is 0 Å². The molecule has 56 valence electrons. The fourth-order valence-corrected chi connectivity index (χ4v) is 1.29. The Morgan fingerprint density at radius 1 is 1.33 bits per heavy atom. The van der Waals surface area contributed by atoms with Crippen molar-refractivity contribution in [1.82, 2.24) is 0 Å². The van der Waals surface area contributed by atoms with Crippen LogP contribution in [0.2, 0.25) is 0 Å². The highest BCUT2D eigenvalue weighted by Gasteiger charge is 1.94. The molecule has 0 bridgehead atoms. The van der Waals surface area contributed by atoms with E-state index in [0.29, 0.717) is 0 Å². The largest absolute Gasteiger partial charge is 0.319 e. The minimum Gasteiger partial charge on any atom is -0.319 e. The third-order valence-electron chi connectivity index (χ3n) is 1.54. The molecule has 0 saturated carbocycles. The van der Waals surface area contributed by atoms with Crippen LogP contribution in [0, 0.1) is 11.8 Å². The summed E-state index contributed by atoms with van der Waals surface area (Å²) in [6.07, 6.45) is 4.02. The molecule has 1 atom stereocenters. The van der Waals surface area contributed by atoms with Gasteiger partial charge in [0.2, 0.25) is 0 Å². The van der Waals surface area contributed by atoms with Crippen molar-refractivity contribution in [2.24, 2.45) is 5.92 Å². The average molecular weight is 127 g/mol. The van der Waals surface area contributed by atoms with Crippen LogP contribution in [0.5, 0.6) is 0 Å². The predicted octanol–water partition coefficient (Wildman–Crippen LogP) is 3.43. The highest BCUT2D eigenvalue weighted by atomic mass is 14.1. The van der Waals surface area contributed by atoms with Crippen LogP contribution in [0.3, 0.4) is 0 Å². The Kier molecular flexibility index (Phi) is 4.84. The van der Waals surface area contributed by atoms with E-state index in [0.717, 1.165) is 5.92 Å². The van der Waals surface area contributed by atoms with Crippen molar-refractivity contribution in [3.8, 4) is 0 Å². The van der Waals surface area contributed by atoms with E-state index < -0.39 is 0 Å². The summed E-state index contributed by atoms with van der Waals surface area (Å²) >= 11 is 0. The first-order valence-electron chi connectivity index (χ1n) is 3.95. The Balaban J connectivity index is 3.15. The van der Waals surface area contributed by atoms with Gasteiger partial charge in [0.05, 0.1) is 0 Å². The molecular formula is C9H19-.